The molecule has 1 saturated heterocycles. The molecule has 1 amide bonds. The number of ether oxygens (including phenoxy) is 2. The number of amides is 1. The van der Waals surface area contributed by atoms with Gasteiger partial charge in [0.15, 0.2) is 16.3 Å². The minimum Gasteiger partial charge on any atom is -0.454 e. The lowest BCUT2D eigenvalue weighted by atomic mass is 10.1. The minimum absolute atomic E-state index is 0.0183. The highest BCUT2D eigenvalue weighted by molar-refractivity contribution is 7.89. The summed E-state index contributed by atoms with van der Waals surface area (Å²) < 4.78 is 41.2. The molecule has 10 heteroatoms. The van der Waals surface area contributed by atoms with Gasteiger partial charge >= 0.3 is 0 Å². The molecular weight excluding hydrogens is 450 g/mol. The summed E-state index contributed by atoms with van der Waals surface area (Å²) in [6.07, 6.45) is 2.77. The number of aryl methyl sites for hydroxylation is 1. The molecular formula is C22H23N3O5S2. The molecule has 1 unspecified atom stereocenters. The molecule has 3 heterocycles. The summed E-state index contributed by atoms with van der Waals surface area (Å²) in [5, 5.41) is 0. The average molecular weight is 474 g/mol. The molecule has 32 heavy (non-hydrogen) atoms. The molecule has 0 radical (unpaired) electrons. The second kappa shape index (κ2) is 8.02. The zero-order valence-electron chi connectivity index (χ0n) is 17.8. The van der Waals surface area contributed by atoms with Crippen molar-refractivity contribution in [2.24, 2.45) is 12.0 Å². The summed E-state index contributed by atoms with van der Waals surface area (Å²) in [6, 6.07) is 9.77. The monoisotopic (exact) mass is 473 g/mol. The Hall–Kier alpha value is -2.69. The van der Waals surface area contributed by atoms with Crippen LogP contribution in [0.3, 0.4) is 0 Å². The fraction of sp³-hybridized carbons (Fsp3) is 0.364. The Labute approximate surface area is 189 Å². The van der Waals surface area contributed by atoms with Crippen LogP contribution in [0.25, 0.3) is 10.2 Å². The highest BCUT2D eigenvalue weighted by Gasteiger charge is 2.31. The highest BCUT2D eigenvalue weighted by Crippen LogP contribution is 2.36. The number of piperidine rings is 1. The Kier molecular flexibility index (Phi) is 5.31. The first kappa shape index (κ1) is 21.2. The molecule has 168 valence electrons. The summed E-state index contributed by atoms with van der Waals surface area (Å²) >= 11 is 1.38. The molecule has 2 aromatic carbocycles. The Morgan fingerprint density at radius 2 is 1.84 bits per heavy atom. The summed E-state index contributed by atoms with van der Waals surface area (Å²) in [5.41, 5.74) is 1.23. The van der Waals surface area contributed by atoms with Crippen LogP contribution in [0.4, 0.5) is 0 Å². The number of nitrogens with zero attached hydrogens (tertiary/aromatic N) is 3. The number of sulfonamides is 1. The number of hydrogen-bond acceptors (Lipinski definition) is 6. The molecule has 0 aliphatic carbocycles. The van der Waals surface area contributed by atoms with Gasteiger partial charge in [0.25, 0.3) is 5.91 Å². The zero-order chi connectivity index (χ0) is 22.5. The molecule has 1 atom stereocenters. The van der Waals surface area contributed by atoms with Gasteiger partial charge in [-0.15, -0.1) is 0 Å². The third-order valence-electron chi connectivity index (χ3n) is 5.95. The first-order valence-corrected chi connectivity index (χ1v) is 12.7. The van der Waals surface area contributed by atoms with E-state index in [9.17, 15) is 13.2 Å². The standard InChI is InChI=1S/C22H23N3O5S2/c1-14-5-3-4-10-25(14)32(27,28)16-8-6-15(7-9-16)21(26)23-22-24(2)17-11-18-19(30-13-29-18)12-20(17)31-22/h6-9,11-12,14H,3-5,10,13H2,1-2H3. The number of fused-ring (bicyclic) bond motifs is 2. The van der Waals surface area contributed by atoms with Crippen molar-refractivity contribution in [1.82, 2.24) is 8.87 Å². The van der Waals surface area contributed by atoms with Gasteiger partial charge in [-0.05, 0) is 44.0 Å². The maximum atomic E-state index is 13.0. The van der Waals surface area contributed by atoms with Crippen LogP contribution < -0.4 is 14.3 Å². The number of benzene rings is 2. The molecule has 8 nitrogen and oxygen atoms in total. The SMILES string of the molecule is CC1CCCCN1S(=O)(=O)c1ccc(C(=O)N=c2sc3cc4c(cc3n2C)OCO4)cc1. The molecule has 0 N–H and O–H groups in total. The van der Waals surface area contributed by atoms with Crippen molar-refractivity contribution >= 4 is 37.5 Å². The lowest BCUT2D eigenvalue weighted by Crippen LogP contribution is -2.41. The number of carbonyl (C=O) groups excluding carboxylic acids is 1. The fourth-order valence-electron chi connectivity index (χ4n) is 4.11. The van der Waals surface area contributed by atoms with E-state index in [0.29, 0.717) is 28.4 Å². The summed E-state index contributed by atoms with van der Waals surface area (Å²) in [5.74, 6) is 0.920. The minimum atomic E-state index is -3.58. The first-order valence-electron chi connectivity index (χ1n) is 10.4. The van der Waals surface area contributed by atoms with E-state index in [2.05, 4.69) is 4.99 Å². The summed E-state index contributed by atoms with van der Waals surface area (Å²) in [4.78, 5) is 17.8. The van der Waals surface area contributed by atoms with E-state index in [-0.39, 0.29) is 17.7 Å². The van der Waals surface area contributed by atoms with E-state index in [1.165, 1.54) is 35.6 Å². The molecule has 2 aliphatic rings. The van der Waals surface area contributed by atoms with Crippen LogP contribution in [0, 0.1) is 0 Å². The Morgan fingerprint density at radius 3 is 2.56 bits per heavy atom. The normalized spacial score (nSPS) is 19.6. The van der Waals surface area contributed by atoms with Crippen molar-refractivity contribution in [3.8, 4) is 11.5 Å². The summed E-state index contributed by atoms with van der Waals surface area (Å²) in [6.45, 7) is 2.67. The predicted molar refractivity (Wildman–Crippen MR) is 120 cm³/mol. The van der Waals surface area contributed by atoms with Crippen molar-refractivity contribution in [1.29, 1.82) is 0 Å². The fourth-order valence-corrected chi connectivity index (χ4v) is 6.84. The van der Waals surface area contributed by atoms with Gasteiger partial charge in [-0.25, -0.2) is 8.42 Å². The van der Waals surface area contributed by atoms with Crippen molar-refractivity contribution in [2.75, 3.05) is 13.3 Å². The van der Waals surface area contributed by atoms with Crippen molar-refractivity contribution in [2.45, 2.75) is 37.1 Å². The maximum absolute atomic E-state index is 13.0. The number of carbonyl (C=O) groups is 1. The third-order valence-corrected chi connectivity index (χ3v) is 9.07. The van der Waals surface area contributed by atoms with E-state index in [1.807, 2.05) is 30.7 Å². The molecule has 0 bridgehead atoms. The maximum Gasteiger partial charge on any atom is 0.279 e. The molecule has 0 spiro atoms. The lowest BCUT2D eigenvalue weighted by Gasteiger charge is -2.32. The molecule has 5 rings (SSSR count). The highest BCUT2D eigenvalue weighted by atomic mass is 32.2. The third kappa shape index (κ3) is 3.62. The Bertz CT molecular complexity index is 1370. The quantitative estimate of drug-likeness (QED) is 0.582. The average Bonchev–Trinajstić information content (AvgIpc) is 3.36. The number of aromatic nitrogens is 1. The van der Waals surface area contributed by atoms with Crippen molar-refractivity contribution < 1.29 is 22.7 Å². The largest absolute Gasteiger partial charge is 0.454 e. The van der Waals surface area contributed by atoms with Gasteiger partial charge in [-0.1, -0.05) is 17.8 Å². The molecule has 3 aromatic rings. The van der Waals surface area contributed by atoms with Gasteiger partial charge in [0.1, 0.15) is 0 Å². The van der Waals surface area contributed by atoms with E-state index in [4.69, 9.17) is 9.47 Å². The summed E-state index contributed by atoms with van der Waals surface area (Å²) in [7, 11) is -1.74. The van der Waals surface area contributed by atoms with Crippen LogP contribution >= 0.6 is 11.3 Å². The molecule has 1 fully saturated rings. The second-order valence-corrected chi connectivity index (χ2v) is 10.9. The number of thiazole rings is 1. The van der Waals surface area contributed by atoms with Gasteiger partial charge in [0, 0.05) is 37.3 Å². The van der Waals surface area contributed by atoms with E-state index in [0.717, 1.165) is 29.5 Å². The van der Waals surface area contributed by atoms with Crippen LogP contribution in [0.2, 0.25) is 0 Å². The van der Waals surface area contributed by atoms with Crippen LogP contribution in [0.5, 0.6) is 11.5 Å². The van der Waals surface area contributed by atoms with E-state index >= 15 is 0 Å². The molecule has 2 aliphatic heterocycles. The van der Waals surface area contributed by atoms with Crippen LogP contribution in [0.1, 0.15) is 36.5 Å². The number of hydrogen-bond donors (Lipinski definition) is 0. The van der Waals surface area contributed by atoms with Gasteiger partial charge in [0.2, 0.25) is 16.8 Å². The van der Waals surface area contributed by atoms with E-state index < -0.39 is 15.9 Å². The predicted octanol–water partition coefficient (Wildman–Crippen LogP) is 3.27. The number of rotatable bonds is 3. The van der Waals surface area contributed by atoms with Gasteiger partial charge in [-0.3, -0.25) is 4.79 Å². The Balaban J connectivity index is 1.43. The van der Waals surface area contributed by atoms with Gasteiger partial charge in [0.05, 0.1) is 15.1 Å². The first-order chi connectivity index (χ1) is 15.3. The van der Waals surface area contributed by atoms with Gasteiger partial charge < -0.3 is 14.0 Å². The Morgan fingerprint density at radius 1 is 1.12 bits per heavy atom. The van der Waals surface area contributed by atoms with Crippen LogP contribution in [-0.4, -0.2) is 42.6 Å². The molecule has 1 aromatic heterocycles. The van der Waals surface area contributed by atoms with Gasteiger partial charge in [-0.2, -0.15) is 9.30 Å². The van der Waals surface area contributed by atoms with Crippen LogP contribution in [-0.2, 0) is 17.1 Å². The van der Waals surface area contributed by atoms with E-state index in [1.54, 1.807) is 4.31 Å². The topological polar surface area (TPSA) is 90.2 Å². The second-order valence-electron chi connectivity index (χ2n) is 8.02. The van der Waals surface area contributed by atoms with Crippen molar-refractivity contribution in [3.63, 3.8) is 0 Å². The zero-order valence-corrected chi connectivity index (χ0v) is 19.4. The lowest BCUT2D eigenvalue weighted by molar-refractivity contribution is 0.0998. The van der Waals surface area contributed by atoms with Crippen LogP contribution in [0.15, 0.2) is 46.3 Å². The molecule has 0 saturated carbocycles. The van der Waals surface area contributed by atoms with Crippen molar-refractivity contribution in [3.05, 3.63) is 46.8 Å². The smallest absolute Gasteiger partial charge is 0.279 e.